The lowest BCUT2D eigenvalue weighted by atomic mass is 10.1. The molecule has 0 aromatic heterocycles. The lowest BCUT2D eigenvalue weighted by Gasteiger charge is -2.31. The van der Waals surface area contributed by atoms with E-state index in [0.717, 1.165) is 32.4 Å². The van der Waals surface area contributed by atoms with Gasteiger partial charge in [0, 0.05) is 15.5 Å². The van der Waals surface area contributed by atoms with Crippen LogP contribution in [0.4, 0.5) is 21.9 Å². The maximum absolute atomic E-state index is 13.1. The van der Waals surface area contributed by atoms with E-state index in [9.17, 15) is 4.79 Å². The second-order valence-corrected chi connectivity index (χ2v) is 7.21. The smallest absolute Gasteiger partial charge is 0.307 e. The number of benzene rings is 3. The summed E-state index contributed by atoms with van der Waals surface area (Å²) in [7, 11) is 0. The third-order valence-corrected chi connectivity index (χ3v) is 5.39. The predicted octanol–water partition coefficient (Wildman–Crippen LogP) is 6.14. The van der Waals surface area contributed by atoms with Gasteiger partial charge in [0.25, 0.3) is 0 Å². The number of carbonyl (C=O) groups is 1. The van der Waals surface area contributed by atoms with E-state index in [1.807, 2.05) is 74.5 Å². The number of amides is 2. The Morgan fingerprint density at radius 3 is 2.08 bits per heavy atom. The molecule has 25 heavy (non-hydrogen) atoms. The highest BCUT2D eigenvalue weighted by molar-refractivity contribution is 7.99. The second-order valence-electron chi connectivity index (χ2n) is 6.12. The fourth-order valence-electron chi connectivity index (χ4n) is 3.05. The summed E-state index contributed by atoms with van der Waals surface area (Å²) in [6, 6.07) is 21.9. The third kappa shape index (κ3) is 2.89. The molecule has 0 unspecified atom stereocenters. The predicted molar refractivity (Wildman–Crippen MR) is 104 cm³/mol. The molecule has 0 saturated heterocycles. The first-order chi connectivity index (χ1) is 12.1. The number of rotatable bonds is 1. The molecular formula is C21H18N2OS. The van der Waals surface area contributed by atoms with E-state index in [1.54, 1.807) is 16.7 Å². The first-order valence-electron chi connectivity index (χ1n) is 8.18. The van der Waals surface area contributed by atoms with Crippen molar-refractivity contribution in [2.45, 2.75) is 23.6 Å². The lowest BCUT2D eigenvalue weighted by molar-refractivity contribution is 0.258. The van der Waals surface area contributed by atoms with Gasteiger partial charge in [0.2, 0.25) is 0 Å². The van der Waals surface area contributed by atoms with Crippen LogP contribution in [0.2, 0.25) is 0 Å². The van der Waals surface area contributed by atoms with Crippen LogP contribution in [-0.2, 0) is 0 Å². The van der Waals surface area contributed by atoms with Gasteiger partial charge in [0.1, 0.15) is 0 Å². The van der Waals surface area contributed by atoms with Gasteiger partial charge in [-0.3, -0.25) is 4.90 Å². The van der Waals surface area contributed by atoms with Crippen LogP contribution in [0.15, 0.2) is 76.5 Å². The Bertz CT molecular complexity index is 922. The van der Waals surface area contributed by atoms with E-state index in [-0.39, 0.29) is 6.03 Å². The van der Waals surface area contributed by atoms with Crippen molar-refractivity contribution in [3.8, 4) is 0 Å². The van der Waals surface area contributed by atoms with Gasteiger partial charge in [0.05, 0.1) is 11.4 Å². The number of nitrogens with zero attached hydrogens (tertiary/aromatic N) is 1. The number of anilines is 3. The number of hydrogen-bond donors (Lipinski definition) is 1. The van der Waals surface area contributed by atoms with Gasteiger partial charge >= 0.3 is 6.03 Å². The van der Waals surface area contributed by atoms with Crippen molar-refractivity contribution < 1.29 is 4.79 Å². The molecular weight excluding hydrogens is 328 g/mol. The molecule has 4 rings (SSSR count). The monoisotopic (exact) mass is 346 g/mol. The SMILES string of the molecule is Cc1ccc(NC(=O)N2c3ccccc3Sc3ccccc32)c(C)c1. The number of para-hydroxylation sites is 2. The molecule has 0 atom stereocenters. The molecule has 124 valence electrons. The fraction of sp³-hybridized carbons (Fsp3) is 0.0952. The van der Waals surface area contributed by atoms with E-state index in [4.69, 9.17) is 0 Å². The average molecular weight is 346 g/mol. The summed E-state index contributed by atoms with van der Waals surface area (Å²) in [6.45, 7) is 4.06. The fourth-order valence-corrected chi connectivity index (χ4v) is 4.11. The lowest BCUT2D eigenvalue weighted by Crippen LogP contribution is -2.32. The zero-order chi connectivity index (χ0) is 17.4. The highest BCUT2D eigenvalue weighted by atomic mass is 32.2. The quantitative estimate of drug-likeness (QED) is 0.574. The summed E-state index contributed by atoms with van der Waals surface area (Å²) >= 11 is 1.69. The Labute approximate surface area is 151 Å². The molecule has 0 aliphatic carbocycles. The second kappa shape index (κ2) is 6.30. The van der Waals surface area contributed by atoms with Crippen LogP contribution < -0.4 is 10.2 Å². The molecule has 0 radical (unpaired) electrons. The van der Waals surface area contributed by atoms with Gasteiger partial charge < -0.3 is 5.32 Å². The molecule has 3 aromatic rings. The Morgan fingerprint density at radius 2 is 1.48 bits per heavy atom. The summed E-state index contributed by atoms with van der Waals surface area (Å²) in [5.41, 5.74) is 4.90. The number of urea groups is 1. The Kier molecular flexibility index (Phi) is 3.98. The minimum absolute atomic E-state index is 0.146. The molecule has 0 fully saturated rings. The van der Waals surface area contributed by atoms with Crippen molar-refractivity contribution in [1.82, 2.24) is 0 Å². The van der Waals surface area contributed by atoms with Crippen LogP contribution in [-0.4, -0.2) is 6.03 Å². The van der Waals surface area contributed by atoms with E-state index < -0.39 is 0 Å². The average Bonchev–Trinajstić information content (AvgIpc) is 2.62. The van der Waals surface area contributed by atoms with Gasteiger partial charge in [-0.25, -0.2) is 4.79 Å². The topological polar surface area (TPSA) is 32.3 Å². The van der Waals surface area contributed by atoms with Crippen molar-refractivity contribution in [2.24, 2.45) is 0 Å². The van der Waals surface area contributed by atoms with Crippen LogP contribution in [0.5, 0.6) is 0 Å². The van der Waals surface area contributed by atoms with Crippen LogP contribution in [0.3, 0.4) is 0 Å². The maximum atomic E-state index is 13.1. The zero-order valence-corrected chi connectivity index (χ0v) is 14.9. The Morgan fingerprint density at radius 1 is 0.880 bits per heavy atom. The van der Waals surface area contributed by atoms with E-state index in [0.29, 0.717) is 0 Å². The van der Waals surface area contributed by atoms with Crippen LogP contribution in [0, 0.1) is 13.8 Å². The van der Waals surface area contributed by atoms with Gasteiger partial charge in [-0.05, 0) is 49.7 Å². The number of nitrogens with one attached hydrogen (secondary N) is 1. The first-order valence-corrected chi connectivity index (χ1v) is 8.99. The maximum Gasteiger partial charge on any atom is 0.331 e. The van der Waals surface area contributed by atoms with E-state index in [1.165, 1.54) is 5.56 Å². The number of carbonyl (C=O) groups excluding carboxylic acids is 1. The van der Waals surface area contributed by atoms with Crippen molar-refractivity contribution >= 4 is 34.9 Å². The van der Waals surface area contributed by atoms with Crippen LogP contribution in [0.25, 0.3) is 0 Å². The summed E-state index contributed by atoms with van der Waals surface area (Å²) in [5.74, 6) is 0. The standard InChI is InChI=1S/C21H18N2OS/c1-14-11-12-16(15(2)13-14)22-21(24)23-17-7-3-5-9-19(17)25-20-10-6-4-8-18(20)23/h3-13H,1-2H3,(H,22,24). The molecule has 1 aliphatic heterocycles. The molecule has 0 bridgehead atoms. The summed E-state index contributed by atoms with van der Waals surface area (Å²) in [5, 5.41) is 3.07. The molecule has 1 N–H and O–H groups in total. The van der Waals surface area contributed by atoms with E-state index in [2.05, 4.69) is 11.4 Å². The Hall–Kier alpha value is -2.72. The van der Waals surface area contributed by atoms with Gasteiger partial charge in [-0.15, -0.1) is 0 Å². The Balaban J connectivity index is 1.75. The molecule has 4 heteroatoms. The van der Waals surface area contributed by atoms with Gasteiger partial charge in [-0.1, -0.05) is 53.7 Å². The third-order valence-electron chi connectivity index (χ3n) is 4.26. The summed E-state index contributed by atoms with van der Waals surface area (Å²) < 4.78 is 0. The van der Waals surface area contributed by atoms with Crippen LogP contribution >= 0.6 is 11.8 Å². The highest BCUT2D eigenvalue weighted by Crippen LogP contribution is 2.48. The van der Waals surface area contributed by atoms with Gasteiger partial charge in [0.15, 0.2) is 0 Å². The molecule has 1 heterocycles. The molecule has 2 amide bonds. The molecule has 0 spiro atoms. The van der Waals surface area contributed by atoms with Crippen molar-refractivity contribution in [3.05, 3.63) is 77.9 Å². The highest BCUT2D eigenvalue weighted by Gasteiger charge is 2.28. The normalized spacial score (nSPS) is 12.3. The van der Waals surface area contributed by atoms with Crippen LogP contribution in [0.1, 0.15) is 11.1 Å². The number of hydrogen-bond acceptors (Lipinski definition) is 2. The molecule has 1 aliphatic rings. The molecule has 3 nitrogen and oxygen atoms in total. The summed E-state index contributed by atoms with van der Waals surface area (Å²) in [4.78, 5) is 17.1. The number of aryl methyl sites for hydroxylation is 2. The van der Waals surface area contributed by atoms with Crippen molar-refractivity contribution in [2.75, 3.05) is 10.2 Å². The summed E-state index contributed by atoms with van der Waals surface area (Å²) in [6.07, 6.45) is 0. The molecule has 0 saturated carbocycles. The minimum atomic E-state index is -0.146. The number of fused-ring (bicyclic) bond motifs is 2. The van der Waals surface area contributed by atoms with E-state index >= 15 is 0 Å². The van der Waals surface area contributed by atoms with Crippen molar-refractivity contribution in [3.63, 3.8) is 0 Å². The van der Waals surface area contributed by atoms with Crippen molar-refractivity contribution in [1.29, 1.82) is 0 Å². The minimum Gasteiger partial charge on any atom is -0.307 e. The zero-order valence-electron chi connectivity index (χ0n) is 14.1. The van der Waals surface area contributed by atoms with Gasteiger partial charge in [-0.2, -0.15) is 0 Å². The molecule has 3 aromatic carbocycles. The first kappa shape index (κ1) is 15.8. The largest absolute Gasteiger partial charge is 0.331 e.